The average molecular weight is 407 g/mol. The van der Waals surface area contributed by atoms with Gasteiger partial charge in [-0.3, -0.25) is 4.79 Å². The first-order chi connectivity index (χ1) is 13.8. The van der Waals surface area contributed by atoms with Crippen LogP contribution in [0.25, 0.3) is 32.5 Å². The number of fused-ring (bicyclic) bond motifs is 1. The second-order valence-corrected chi connectivity index (χ2v) is 8.07. The topological polar surface area (TPSA) is 52.1 Å². The van der Waals surface area contributed by atoms with Crippen molar-refractivity contribution in [1.82, 2.24) is 9.97 Å². The van der Waals surface area contributed by atoms with E-state index in [0.717, 1.165) is 26.4 Å². The van der Waals surface area contributed by atoms with Crippen LogP contribution in [-0.4, -0.2) is 28.8 Å². The van der Waals surface area contributed by atoms with Gasteiger partial charge in [0.15, 0.2) is 0 Å². The lowest BCUT2D eigenvalue weighted by Gasteiger charge is -2.07. The molecule has 140 valence electrons. The Morgan fingerprint density at radius 1 is 1.00 bits per heavy atom. The van der Waals surface area contributed by atoms with E-state index in [9.17, 15) is 4.79 Å². The zero-order valence-electron chi connectivity index (χ0n) is 15.3. The van der Waals surface area contributed by atoms with Crippen molar-refractivity contribution in [2.24, 2.45) is 0 Å². The monoisotopic (exact) mass is 406 g/mol. The van der Waals surface area contributed by atoms with Crippen LogP contribution in [-0.2, 0) is 9.53 Å². The van der Waals surface area contributed by atoms with Gasteiger partial charge in [-0.1, -0.05) is 54.6 Å². The maximum Gasteiger partial charge on any atom is 0.306 e. The van der Waals surface area contributed by atoms with Gasteiger partial charge in [-0.25, -0.2) is 9.97 Å². The van der Waals surface area contributed by atoms with Gasteiger partial charge in [0.1, 0.15) is 16.2 Å². The first kappa shape index (κ1) is 18.7. The quantitative estimate of drug-likeness (QED) is 0.234. The van der Waals surface area contributed by atoms with Gasteiger partial charge in [0.25, 0.3) is 0 Å². The SMILES string of the molecule is COC(=O)CCSc1ncnc2scc(-c3ccc(-c4ccccc4)cc3)c12. The average Bonchev–Trinajstić information content (AvgIpc) is 3.19. The summed E-state index contributed by atoms with van der Waals surface area (Å²) in [7, 11) is 1.41. The molecule has 4 rings (SSSR count). The van der Waals surface area contributed by atoms with E-state index in [1.807, 2.05) is 18.2 Å². The smallest absolute Gasteiger partial charge is 0.306 e. The molecule has 4 aromatic rings. The summed E-state index contributed by atoms with van der Waals surface area (Å²) in [5, 5.41) is 4.08. The lowest BCUT2D eigenvalue weighted by molar-refractivity contribution is -0.140. The van der Waals surface area contributed by atoms with E-state index in [4.69, 9.17) is 4.74 Å². The van der Waals surface area contributed by atoms with Crippen molar-refractivity contribution >= 4 is 39.3 Å². The van der Waals surface area contributed by atoms with Crippen LogP contribution in [0.5, 0.6) is 0 Å². The number of benzene rings is 2. The predicted octanol–water partition coefficient (Wildman–Crippen LogP) is 5.68. The molecule has 0 aliphatic heterocycles. The summed E-state index contributed by atoms with van der Waals surface area (Å²) in [6.45, 7) is 0. The highest BCUT2D eigenvalue weighted by Crippen LogP contribution is 2.38. The summed E-state index contributed by atoms with van der Waals surface area (Å²) < 4.78 is 4.72. The number of carbonyl (C=O) groups is 1. The van der Waals surface area contributed by atoms with Crippen LogP contribution in [0.4, 0.5) is 0 Å². The number of thiophene rings is 1. The number of aromatic nitrogens is 2. The van der Waals surface area contributed by atoms with E-state index in [1.165, 1.54) is 18.2 Å². The molecule has 0 unspecified atom stereocenters. The number of ether oxygens (including phenoxy) is 1. The van der Waals surface area contributed by atoms with E-state index in [0.29, 0.717) is 12.2 Å². The van der Waals surface area contributed by atoms with E-state index in [1.54, 1.807) is 29.4 Å². The molecule has 2 aromatic heterocycles. The molecule has 4 nitrogen and oxygen atoms in total. The third kappa shape index (κ3) is 3.93. The zero-order chi connectivity index (χ0) is 19.3. The highest BCUT2D eigenvalue weighted by molar-refractivity contribution is 7.99. The molecule has 0 fully saturated rings. The van der Waals surface area contributed by atoms with Crippen molar-refractivity contribution in [1.29, 1.82) is 0 Å². The lowest BCUT2D eigenvalue weighted by Crippen LogP contribution is -2.01. The third-order valence-electron chi connectivity index (χ3n) is 4.41. The van der Waals surface area contributed by atoms with E-state index >= 15 is 0 Å². The van der Waals surface area contributed by atoms with Crippen molar-refractivity contribution in [2.75, 3.05) is 12.9 Å². The summed E-state index contributed by atoms with van der Waals surface area (Å²) in [6, 6.07) is 18.9. The van der Waals surface area contributed by atoms with Crippen LogP contribution in [0.15, 0.2) is 71.3 Å². The second-order valence-electron chi connectivity index (χ2n) is 6.13. The molecule has 0 atom stereocenters. The van der Waals surface area contributed by atoms with E-state index < -0.39 is 0 Å². The van der Waals surface area contributed by atoms with Crippen LogP contribution in [0, 0.1) is 0 Å². The van der Waals surface area contributed by atoms with Crippen LogP contribution < -0.4 is 0 Å². The molecule has 0 saturated heterocycles. The van der Waals surface area contributed by atoms with Crippen LogP contribution >= 0.6 is 23.1 Å². The van der Waals surface area contributed by atoms with Crippen molar-refractivity contribution < 1.29 is 9.53 Å². The van der Waals surface area contributed by atoms with Gasteiger partial charge < -0.3 is 4.74 Å². The maximum absolute atomic E-state index is 11.4. The van der Waals surface area contributed by atoms with Crippen molar-refractivity contribution in [2.45, 2.75) is 11.4 Å². The van der Waals surface area contributed by atoms with Crippen molar-refractivity contribution in [3.8, 4) is 22.3 Å². The number of carbonyl (C=O) groups excluding carboxylic acids is 1. The molecule has 0 spiro atoms. The predicted molar refractivity (Wildman–Crippen MR) is 116 cm³/mol. The molecule has 0 amide bonds. The molecule has 6 heteroatoms. The Morgan fingerprint density at radius 3 is 2.46 bits per heavy atom. The highest BCUT2D eigenvalue weighted by Gasteiger charge is 2.14. The Morgan fingerprint density at radius 2 is 1.71 bits per heavy atom. The number of hydrogen-bond donors (Lipinski definition) is 0. The van der Waals surface area contributed by atoms with Crippen LogP contribution in [0.3, 0.4) is 0 Å². The summed E-state index contributed by atoms with van der Waals surface area (Å²) >= 11 is 3.17. The molecule has 0 bridgehead atoms. The van der Waals surface area contributed by atoms with Crippen molar-refractivity contribution in [3.05, 3.63) is 66.3 Å². The van der Waals surface area contributed by atoms with Crippen molar-refractivity contribution in [3.63, 3.8) is 0 Å². The first-order valence-electron chi connectivity index (χ1n) is 8.84. The molecule has 0 aliphatic carbocycles. The van der Waals surface area contributed by atoms with Gasteiger partial charge in [-0.2, -0.15) is 0 Å². The minimum atomic E-state index is -0.208. The first-order valence-corrected chi connectivity index (χ1v) is 10.7. The molecule has 0 radical (unpaired) electrons. The fourth-order valence-electron chi connectivity index (χ4n) is 2.98. The Labute approximate surface area is 171 Å². The molecular weight excluding hydrogens is 388 g/mol. The second kappa shape index (κ2) is 8.54. The minimum Gasteiger partial charge on any atom is -0.469 e. The number of rotatable bonds is 6. The molecule has 0 N–H and O–H groups in total. The number of hydrogen-bond acceptors (Lipinski definition) is 6. The minimum absolute atomic E-state index is 0.208. The largest absolute Gasteiger partial charge is 0.469 e. The van der Waals surface area contributed by atoms with E-state index in [-0.39, 0.29) is 5.97 Å². The van der Waals surface area contributed by atoms with Gasteiger partial charge in [-0.15, -0.1) is 23.1 Å². The number of thioether (sulfide) groups is 1. The molecule has 0 aliphatic rings. The molecule has 0 saturated carbocycles. The van der Waals surface area contributed by atoms with Gasteiger partial charge in [0, 0.05) is 16.7 Å². The molecular formula is C22H18N2O2S2. The number of methoxy groups -OCH3 is 1. The number of esters is 1. The summed E-state index contributed by atoms with van der Waals surface area (Å²) in [4.78, 5) is 21.2. The van der Waals surface area contributed by atoms with E-state index in [2.05, 4.69) is 51.7 Å². The summed E-state index contributed by atoms with van der Waals surface area (Å²) in [5.41, 5.74) is 4.65. The Kier molecular flexibility index (Phi) is 5.69. The lowest BCUT2D eigenvalue weighted by atomic mass is 10.0. The molecule has 28 heavy (non-hydrogen) atoms. The fourth-order valence-corrected chi connectivity index (χ4v) is 4.89. The number of nitrogens with zero attached hydrogens (tertiary/aromatic N) is 2. The van der Waals surface area contributed by atoms with Gasteiger partial charge in [-0.05, 0) is 16.7 Å². The van der Waals surface area contributed by atoms with Gasteiger partial charge >= 0.3 is 5.97 Å². The Hall–Kier alpha value is -2.70. The normalized spacial score (nSPS) is 10.9. The zero-order valence-corrected chi connectivity index (χ0v) is 16.9. The fraction of sp³-hybridized carbons (Fsp3) is 0.136. The maximum atomic E-state index is 11.4. The van der Waals surface area contributed by atoms with Crippen LogP contribution in [0.1, 0.15) is 6.42 Å². The van der Waals surface area contributed by atoms with Crippen LogP contribution in [0.2, 0.25) is 0 Å². The summed E-state index contributed by atoms with van der Waals surface area (Å²) in [5.74, 6) is 0.418. The standard InChI is InChI=1S/C22H18N2O2S2/c1-26-19(25)11-12-27-21-20-18(13-28-22(20)24-14-23-21)17-9-7-16(8-10-17)15-5-3-2-4-6-15/h2-10,13-14H,11-12H2,1H3. The Bertz CT molecular complexity index is 1090. The third-order valence-corrected chi connectivity index (χ3v) is 6.29. The van der Waals surface area contributed by atoms with Gasteiger partial charge in [0.05, 0.1) is 18.9 Å². The molecule has 2 aromatic carbocycles. The Balaban J connectivity index is 1.64. The summed E-state index contributed by atoms with van der Waals surface area (Å²) in [6.07, 6.45) is 1.94. The van der Waals surface area contributed by atoms with Gasteiger partial charge in [0.2, 0.25) is 0 Å². The molecule has 2 heterocycles. The highest BCUT2D eigenvalue weighted by atomic mass is 32.2.